The number of nitrogens with one attached hydrogen (secondary N) is 4. The maximum atomic E-state index is 13.2. The Balaban J connectivity index is 1.46. The van der Waals surface area contributed by atoms with Gasteiger partial charge in [-0.05, 0) is 44.2 Å². The van der Waals surface area contributed by atoms with Crippen molar-refractivity contribution in [2.24, 2.45) is 0 Å². The van der Waals surface area contributed by atoms with Gasteiger partial charge in [-0.3, -0.25) is 4.79 Å². The van der Waals surface area contributed by atoms with E-state index < -0.39 is 11.7 Å². The van der Waals surface area contributed by atoms with Crippen LogP contribution in [0, 0.1) is 0 Å². The minimum Gasteiger partial charge on any atom is -0.496 e. The van der Waals surface area contributed by atoms with Gasteiger partial charge >= 0.3 is 6.18 Å². The summed E-state index contributed by atoms with van der Waals surface area (Å²) in [5, 5.41) is 7.86. The summed E-state index contributed by atoms with van der Waals surface area (Å²) in [6, 6.07) is 12.6. The topological polar surface area (TPSA) is 81.9 Å². The predicted octanol–water partition coefficient (Wildman–Crippen LogP) is 5.19. The Morgan fingerprint density at radius 2 is 1.76 bits per heavy atom. The van der Waals surface area contributed by atoms with Crippen molar-refractivity contribution in [3.63, 3.8) is 0 Å². The highest BCUT2D eigenvalue weighted by Crippen LogP contribution is 2.37. The summed E-state index contributed by atoms with van der Waals surface area (Å²) in [7, 11) is 1.36. The van der Waals surface area contributed by atoms with Crippen molar-refractivity contribution in [1.29, 1.82) is 0 Å². The first kappa shape index (κ1) is 22.7. The second-order valence-corrected chi connectivity index (χ2v) is 8.13. The third kappa shape index (κ3) is 4.83. The van der Waals surface area contributed by atoms with Crippen molar-refractivity contribution in [2.75, 3.05) is 19.0 Å². The number of rotatable bonds is 7. The fraction of sp³-hybridized carbons (Fsp3) is 0.292. The lowest BCUT2D eigenvalue weighted by Gasteiger charge is -2.20. The van der Waals surface area contributed by atoms with Crippen LogP contribution in [0.1, 0.15) is 31.1 Å². The molecular weight excluding hydrogens is 433 g/mol. The molecule has 2 heterocycles. The van der Waals surface area contributed by atoms with Crippen LogP contribution in [-0.2, 0) is 6.18 Å². The van der Waals surface area contributed by atoms with Gasteiger partial charge in [0.05, 0.1) is 18.2 Å². The standard InChI is InChI=1S/C24H25F3N4O2/c1-13(12-28-23-11-21(32)16-6-4-5-7-18(16)31-23)29-14(2)19-10-17-20(30-19)8-15(24(25,26)27)9-22(17)33-3/h4-11,13-14,29-30H,12H2,1-3H3,(H2,28,31,32). The van der Waals surface area contributed by atoms with Gasteiger partial charge in [-0.1, -0.05) is 12.1 Å². The molecule has 0 bridgehead atoms. The van der Waals surface area contributed by atoms with Crippen LogP contribution < -0.4 is 20.8 Å². The molecule has 2 aromatic carbocycles. The number of hydrogen-bond acceptors (Lipinski definition) is 4. The molecule has 0 aliphatic carbocycles. The van der Waals surface area contributed by atoms with Crippen LogP contribution in [0.15, 0.2) is 53.3 Å². The van der Waals surface area contributed by atoms with Crippen molar-refractivity contribution in [1.82, 2.24) is 15.3 Å². The molecule has 2 aromatic heterocycles. The minimum atomic E-state index is -4.46. The van der Waals surface area contributed by atoms with E-state index in [4.69, 9.17) is 4.74 Å². The first-order chi connectivity index (χ1) is 15.7. The van der Waals surface area contributed by atoms with E-state index in [0.717, 1.165) is 23.3 Å². The quantitative estimate of drug-likeness (QED) is 0.307. The molecule has 33 heavy (non-hydrogen) atoms. The maximum Gasteiger partial charge on any atom is 0.416 e. The number of benzene rings is 2. The second-order valence-electron chi connectivity index (χ2n) is 8.13. The number of alkyl halides is 3. The molecule has 2 unspecified atom stereocenters. The summed E-state index contributed by atoms with van der Waals surface area (Å²) in [4.78, 5) is 18.6. The SMILES string of the molecule is COc1cc(C(F)(F)F)cc2[nH]c(C(C)NC(C)CNc3cc(=O)c4ccccc4[nH]3)cc12. The number of methoxy groups -OCH3 is 1. The summed E-state index contributed by atoms with van der Waals surface area (Å²) >= 11 is 0. The lowest BCUT2D eigenvalue weighted by atomic mass is 10.1. The van der Waals surface area contributed by atoms with Gasteiger partial charge in [0.2, 0.25) is 0 Å². The molecule has 4 aromatic rings. The number of pyridine rings is 1. The Morgan fingerprint density at radius 1 is 1.00 bits per heavy atom. The summed E-state index contributed by atoms with van der Waals surface area (Å²) in [6.07, 6.45) is -4.46. The fourth-order valence-corrected chi connectivity index (χ4v) is 3.92. The normalized spacial score (nSPS) is 13.9. The molecule has 0 saturated heterocycles. The van der Waals surface area contributed by atoms with Crippen molar-refractivity contribution in [3.05, 3.63) is 70.0 Å². The molecule has 0 amide bonds. The summed E-state index contributed by atoms with van der Waals surface area (Å²) in [6.45, 7) is 4.43. The van der Waals surface area contributed by atoms with Gasteiger partial charge < -0.3 is 25.3 Å². The number of aromatic amines is 2. The molecule has 4 rings (SSSR count). The fourth-order valence-electron chi connectivity index (χ4n) is 3.92. The number of ether oxygens (including phenoxy) is 1. The number of para-hydroxylation sites is 1. The Morgan fingerprint density at radius 3 is 2.48 bits per heavy atom. The third-order valence-electron chi connectivity index (χ3n) is 5.61. The number of H-pyrrole nitrogens is 2. The molecule has 4 N–H and O–H groups in total. The monoisotopic (exact) mass is 458 g/mol. The molecule has 0 aliphatic rings. The Hall–Kier alpha value is -3.46. The zero-order chi connectivity index (χ0) is 23.8. The van der Waals surface area contributed by atoms with E-state index >= 15 is 0 Å². The third-order valence-corrected chi connectivity index (χ3v) is 5.61. The van der Waals surface area contributed by atoms with E-state index in [9.17, 15) is 18.0 Å². The van der Waals surface area contributed by atoms with Crippen LogP contribution in [0.5, 0.6) is 5.75 Å². The molecule has 0 aliphatic heterocycles. The van der Waals surface area contributed by atoms with Crippen LogP contribution in [0.4, 0.5) is 19.0 Å². The van der Waals surface area contributed by atoms with E-state index in [1.807, 2.05) is 32.0 Å². The number of anilines is 1. The highest BCUT2D eigenvalue weighted by molar-refractivity contribution is 5.88. The van der Waals surface area contributed by atoms with Gasteiger partial charge in [-0.25, -0.2) is 0 Å². The first-order valence-corrected chi connectivity index (χ1v) is 10.6. The molecular formula is C24H25F3N4O2. The lowest BCUT2D eigenvalue weighted by Crippen LogP contribution is -2.35. The average Bonchev–Trinajstić information content (AvgIpc) is 3.21. The number of fused-ring (bicyclic) bond motifs is 2. The Bertz CT molecular complexity index is 1340. The molecule has 0 saturated carbocycles. The van der Waals surface area contributed by atoms with Gasteiger partial charge in [0.1, 0.15) is 11.6 Å². The lowest BCUT2D eigenvalue weighted by molar-refractivity contribution is -0.137. The predicted molar refractivity (Wildman–Crippen MR) is 124 cm³/mol. The van der Waals surface area contributed by atoms with E-state index in [1.165, 1.54) is 13.2 Å². The molecule has 0 spiro atoms. The summed E-state index contributed by atoms with van der Waals surface area (Å²) in [5.41, 5.74) is 1.04. The van der Waals surface area contributed by atoms with Gasteiger partial charge in [-0.2, -0.15) is 13.2 Å². The van der Waals surface area contributed by atoms with Gasteiger partial charge in [-0.15, -0.1) is 0 Å². The zero-order valence-corrected chi connectivity index (χ0v) is 18.4. The van der Waals surface area contributed by atoms with E-state index in [0.29, 0.717) is 28.7 Å². The van der Waals surface area contributed by atoms with Gasteiger partial charge in [0.15, 0.2) is 5.43 Å². The van der Waals surface area contributed by atoms with Crippen molar-refractivity contribution in [2.45, 2.75) is 32.1 Å². The molecule has 9 heteroatoms. The zero-order valence-electron chi connectivity index (χ0n) is 18.4. The van der Waals surface area contributed by atoms with Gasteiger partial charge in [0, 0.05) is 46.7 Å². The van der Waals surface area contributed by atoms with Crippen LogP contribution in [0.25, 0.3) is 21.8 Å². The van der Waals surface area contributed by atoms with E-state index in [-0.39, 0.29) is 23.3 Å². The largest absolute Gasteiger partial charge is 0.496 e. The van der Waals surface area contributed by atoms with Crippen molar-refractivity contribution in [3.8, 4) is 5.75 Å². The molecule has 0 radical (unpaired) electrons. The van der Waals surface area contributed by atoms with Gasteiger partial charge in [0.25, 0.3) is 0 Å². The van der Waals surface area contributed by atoms with Crippen LogP contribution >= 0.6 is 0 Å². The minimum absolute atomic E-state index is 0.00554. The van der Waals surface area contributed by atoms with E-state index in [2.05, 4.69) is 20.6 Å². The maximum absolute atomic E-state index is 13.2. The molecule has 174 valence electrons. The first-order valence-electron chi connectivity index (χ1n) is 10.6. The highest BCUT2D eigenvalue weighted by Gasteiger charge is 2.32. The highest BCUT2D eigenvalue weighted by atomic mass is 19.4. The average molecular weight is 458 g/mol. The van der Waals surface area contributed by atoms with Crippen molar-refractivity contribution < 1.29 is 17.9 Å². The number of hydrogen-bond donors (Lipinski definition) is 4. The second kappa shape index (κ2) is 8.82. The molecule has 0 fully saturated rings. The Kier molecular flexibility index (Phi) is 6.07. The van der Waals surface area contributed by atoms with Crippen molar-refractivity contribution >= 4 is 27.6 Å². The number of halogens is 3. The molecule has 2 atom stereocenters. The van der Waals surface area contributed by atoms with Crippen LogP contribution in [0.2, 0.25) is 0 Å². The Labute approximate surface area is 188 Å². The number of aromatic nitrogens is 2. The summed E-state index contributed by atoms with van der Waals surface area (Å²) in [5.74, 6) is 0.791. The van der Waals surface area contributed by atoms with E-state index in [1.54, 1.807) is 12.1 Å². The van der Waals surface area contributed by atoms with Crippen LogP contribution in [0.3, 0.4) is 0 Å². The smallest absolute Gasteiger partial charge is 0.416 e. The molecule has 6 nitrogen and oxygen atoms in total. The summed E-state index contributed by atoms with van der Waals surface area (Å²) < 4.78 is 44.8. The van der Waals surface area contributed by atoms with Crippen LogP contribution in [-0.4, -0.2) is 29.7 Å².